The van der Waals surface area contributed by atoms with E-state index in [0.29, 0.717) is 27.9 Å². The van der Waals surface area contributed by atoms with Crippen molar-refractivity contribution in [3.05, 3.63) is 34.7 Å². The number of aliphatic hydroxyl groups excluding tert-OH is 1. The number of carbonyl (C=O) groups excluding carboxylic acids is 2. The minimum atomic E-state index is -0.259. The van der Waals surface area contributed by atoms with Crippen molar-refractivity contribution in [3.8, 4) is 5.75 Å². The van der Waals surface area contributed by atoms with Gasteiger partial charge in [-0.05, 0) is 37.8 Å². The molecule has 150 valence electrons. The van der Waals surface area contributed by atoms with Gasteiger partial charge in [0.15, 0.2) is 0 Å². The average Bonchev–Trinajstić information content (AvgIpc) is 2.96. The molecule has 8 heteroatoms. The lowest BCUT2D eigenvalue weighted by molar-refractivity contribution is -0.138. The number of carbonyl (C=O) groups is 2. The third-order valence-corrected chi connectivity index (χ3v) is 6.38. The van der Waals surface area contributed by atoms with E-state index in [4.69, 9.17) is 17.0 Å². The van der Waals surface area contributed by atoms with Crippen molar-refractivity contribution >= 4 is 46.2 Å². The fourth-order valence-electron chi connectivity index (χ4n) is 3.57. The van der Waals surface area contributed by atoms with Crippen LogP contribution in [-0.4, -0.2) is 63.9 Å². The summed E-state index contributed by atoms with van der Waals surface area (Å²) in [5.74, 6) is 0.293. The van der Waals surface area contributed by atoms with E-state index >= 15 is 0 Å². The molecule has 2 heterocycles. The highest BCUT2D eigenvalue weighted by Crippen LogP contribution is 2.34. The molecule has 2 amide bonds. The Morgan fingerprint density at radius 1 is 1.39 bits per heavy atom. The lowest BCUT2D eigenvalue weighted by Gasteiger charge is -2.36. The first-order valence-corrected chi connectivity index (χ1v) is 10.6. The highest BCUT2D eigenvalue weighted by molar-refractivity contribution is 8.26. The van der Waals surface area contributed by atoms with Gasteiger partial charge in [0.25, 0.3) is 5.91 Å². The first kappa shape index (κ1) is 20.8. The molecule has 2 aliphatic heterocycles. The van der Waals surface area contributed by atoms with E-state index in [0.717, 1.165) is 24.8 Å². The number of para-hydroxylation sites is 1. The number of ether oxygens (including phenoxy) is 1. The monoisotopic (exact) mass is 420 g/mol. The third-order valence-electron chi connectivity index (χ3n) is 5.00. The van der Waals surface area contributed by atoms with Crippen molar-refractivity contribution in [2.75, 3.05) is 26.8 Å². The van der Waals surface area contributed by atoms with Crippen molar-refractivity contribution in [2.45, 2.75) is 31.7 Å². The van der Waals surface area contributed by atoms with Crippen LogP contribution in [-0.2, 0) is 9.59 Å². The van der Waals surface area contributed by atoms with Crippen molar-refractivity contribution in [1.82, 2.24) is 9.80 Å². The number of benzene rings is 1. The zero-order chi connectivity index (χ0) is 20.1. The summed E-state index contributed by atoms with van der Waals surface area (Å²) in [5.41, 5.74) is 0.788. The van der Waals surface area contributed by atoms with Gasteiger partial charge in [0.2, 0.25) is 5.91 Å². The fourth-order valence-corrected chi connectivity index (χ4v) is 4.81. The second kappa shape index (κ2) is 9.54. The number of rotatable bonds is 6. The van der Waals surface area contributed by atoms with Crippen molar-refractivity contribution in [2.24, 2.45) is 0 Å². The van der Waals surface area contributed by atoms with Gasteiger partial charge in [0.05, 0.1) is 12.0 Å². The average molecular weight is 421 g/mol. The fraction of sp³-hybridized carbons (Fsp3) is 0.450. The van der Waals surface area contributed by atoms with Crippen molar-refractivity contribution in [3.63, 3.8) is 0 Å². The Kier molecular flexibility index (Phi) is 7.09. The van der Waals surface area contributed by atoms with Gasteiger partial charge in [-0.2, -0.15) is 0 Å². The van der Waals surface area contributed by atoms with E-state index in [9.17, 15) is 14.7 Å². The largest absolute Gasteiger partial charge is 0.496 e. The van der Waals surface area contributed by atoms with Crippen molar-refractivity contribution in [1.29, 1.82) is 0 Å². The zero-order valence-electron chi connectivity index (χ0n) is 15.8. The highest BCUT2D eigenvalue weighted by Gasteiger charge is 2.36. The summed E-state index contributed by atoms with van der Waals surface area (Å²) in [5, 5.41) is 9.26. The number of thiocarbonyl (C=S) groups is 1. The van der Waals surface area contributed by atoms with Gasteiger partial charge in [-0.1, -0.05) is 42.2 Å². The Morgan fingerprint density at radius 2 is 2.18 bits per heavy atom. The molecule has 2 saturated heterocycles. The maximum Gasteiger partial charge on any atom is 0.266 e. The maximum atomic E-state index is 12.8. The summed E-state index contributed by atoms with van der Waals surface area (Å²) in [6, 6.07) is 7.46. The predicted molar refractivity (Wildman–Crippen MR) is 114 cm³/mol. The third kappa shape index (κ3) is 4.56. The molecule has 0 radical (unpaired) electrons. The number of thioether (sulfide) groups is 1. The van der Waals surface area contributed by atoms with Crippen LogP contribution < -0.4 is 4.74 Å². The summed E-state index contributed by atoms with van der Waals surface area (Å²) in [7, 11) is 1.58. The summed E-state index contributed by atoms with van der Waals surface area (Å²) in [6.45, 7) is 0.655. The van der Waals surface area contributed by atoms with Gasteiger partial charge in [-0.15, -0.1) is 0 Å². The van der Waals surface area contributed by atoms with Gasteiger partial charge in [0.1, 0.15) is 16.6 Å². The van der Waals surface area contributed by atoms with Crippen LogP contribution in [0.4, 0.5) is 0 Å². The Hall–Kier alpha value is -1.90. The van der Waals surface area contributed by atoms with Crippen LogP contribution in [0.15, 0.2) is 29.2 Å². The molecular formula is C20H24N2O4S2. The van der Waals surface area contributed by atoms with Crippen molar-refractivity contribution < 1.29 is 19.4 Å². The molecule has 1 aromatic carbocycles. The predicted octanol–water partition coefficient (Wildman–Crippen LogP) is 2.66. The minimum absolute atomic E-state index is 0.0359. The quantitative estimate of drug-likeness (QED) is 0.564. The second-order valence-electron chi connectivity index (χ2n) is 6.76. The first-order chi connectivity index (χ1) is 13.5. The summed E-state index contributed by atoms with van der Waals surface area (Å²) < 4.78 is 5.71. The van der Waals surface area contributed by atoms with E-state index in [1.54, 1.807) is 18.1 Å². The molecule has 0 saturated carbocycles. The van der Waals surface area contributed by atoms with Gasteiger partial charge < -0.3 is 14.7 Å². The molecule has 0 aromatic heterocycles. The lowest BCUT2D eigenvalue weighted by Crippen LogP contribution is -2.49. The Balaban J connectivity index is 1.73. The smallest absolute Gasteiger partial charge is 0.266 e. The van der Waals surface area contributed by atoms with Gasteiger partial charge in [-0.25, -0.2) is 0 Å². The standard InChI is InChI=1S/C20H24N2O4S2/c1-26-16-8-3-2-6-14(16)12-17-19(25)22(20(27)28-17)13-18(24)21-10-5-4-7-15(21)9-11-23/h2-3,6,8,12,15,23H,4-5,7,9-11,13H2,1H3/b17-12-/t15-/m1/s1. The Labute approximate surface area is 174 Å². The van der Waals surface area contributed by atoms with E-state index in [-0.39, 0.29) is 31.0 Å². The van der Waals surface area contributed by atoms with E-state index in [1.165, 1.54) is 16.7 Å². The SMILES string of the molecule is COc1ccccc1/C=C1\SC(=S)N(CC(=O)N2CCCC[C@@H]2CCO)C1=O. The molecule has 2 fully saturated rings. The number of likely N-dealkylation sites (tertiary alicyclic amines) is 1. The Morgan fingerprint density at radius 3 is 2.93 bits per heavy atom. The molecule has 0 aliphatic carbocycles. The molecule has 0 unspecified atom stereocenters. The number of nitrogens with zero attached hydrogens (tertiary/aromatic N) is 2. The molecule has 3 rings (SSSR count). The molecule has 1 aromatic rings. The second-order valence-corrected chi connectivity index (χ2v) is 8.43. The zero-order valence-corrected chi connectivity index (χ0v) is 17.4. The van der Waals surface area contributed by atoms with Crippen LogP contribution in [0.1, 0.15) is 31.2 Å². The molecule has 6 nitrogen and oxygen atoms in total. The number of amides is 2. The molecule has 2 aliphatic rings. The number of aliphatic hydroxyl groups is 1. The van der Waals surface area contributed by atoms with Crippen LogP contribution in [0, 0.1) is 0 Å². The number of methoxy groups -OCH3 is 1. The summed E-state index contributed by atoms with van der Waals surface area (Å²) >= 11 is 6.56. The van der Waals surface area contributed by atoms with Crippen LogP contribution in [0.5, 0.6) is 5.75 Å². The normalized spacial score (nSPS) is 21.5. The van der Waals surface area contributed by atoms with Crippen LogP contribution in [0.3, 0.4) is 0 Å². The topological polar surface area (TPSA) is 70.1 Å². The van der Waals surface area contributed by atoms with Crippen LogP contribution >= 0.6 is 24.0 Å². The molecule has 1 N–H and O–H groups in total. The first-order valence-electron chi connectivity index (χ1n) is 9.34. The minimum Gasteiger partial charge on any atom is -0.496 e. The maximum absolute atomic E-state index is 12.8. The molecule has 1 atom stereocenters. The van der Waals surface area contributed by atoms with E-state index in [1.807, 2.05) is 24.3 Å². The van der Waals surface area contributed by atoms with E-state index < -0.39 is 0 Å². The molecule has 28 heavy (non-hydrogen) atoms. The number of hydrogen-bond donors (Lipinski definition) is 1. The van der Waals surface area contributed by atoms with Gasteiger partial charge >= 0.3 is 0 Å². The molecular weight excluding hydrogens is 396 g/mol. The van der Waals surface area contributed by atoms with Gasteiger partial charge in [0, 0.05) is 24.8 Å². The molecule has 0 bridgehead atoms. The molecule has 0 spiro atoms. The number of piperidine rings is 1. The number of hydrogen-bond acceptors (Lipinski definition) is 6. The van der Waals surface area contributed by atoms with Crippen LogP contribution in [0.2, 0.25) is 0 Å². The van der Waals surface area contributed by atoms with Crippen LogP contribution in [0.25, 0.3) is 6.08 Å². The highest BCUT2D eigenvalue weighted by atomic mass is 32.2. The summed E-state index contributed by atoms with van der Waals surface area (Å²) in [4.78, 5) is 29.3. The van der Waals surface area contributed by atoms with Gasteiger partial charge in [-0.3, -0.25) is 14.5 Å². The van der Waals surface area contributed by atoms with E-state index in [2.05, 4.69) is 0 Å². The summed E-state index contributed by atoms with van der Waals surface area (Å²) in [6.07, 6.45) is 5.20. The lowest BCUT2D eigenvalue weighted by atomic mass is 9.99. The Bertz CT molecular complexity index is 794.